The summed E-state index contributed by atoms with van der Waals surface area (Å²) in [6.07, 6.45) is 2.04. The average Bonchev–Trinajstić information content (AvgIpc) is 1.75. The van der Waals surface area contributed by atoms with E-state index in [-0.39, 0.29) is 11.6 Å². The third kappa shape index (κ3) is 79.0. The fraction of sp³-hybridized carbons (Fsp3) is 1.00. The highest BCUT2D eigenvalue weighted by atomic mass is 16.3. The van der Waals surface area contributed by atoms with Gasteiger partial charge >= 0.3 is 0 Å². The SMILES string of the molecule is CCCCO.CO.N.O. The van der Waals surface area contributed by atoms with E-state index in [1.165, 1.54) is 0 Å². The van der Waals surface area contributed by atoms with Gasteiger partial charge in [-0.3, -0.25) is 0 Å². The molecule has 0 saturated heterocycles. The van der Waals surface area contributed by atoms with E-state index in [1.54, 1.807) is 0 Å². The van der Waals surface area contributed by atoms with Crippen LogP contribution in [0.15, 0.2) is 0 Å². The summed E-state index contributed by atoms with van der Waals surface area (Å²) >= 11 is 0. The highest BCUT2D eigenvalue weighted by molar-refractivity contribution is 4.23. The van der Waals surface area contributed by atoms with Gasteiger partial charge in [0, 0.05) is 13.7 Å². The number of hydrogen-bond donors (Lipinski definition) is 3. The molecule has 0 fully saturated rings. The lowest BCUT2D eigenvalue weighted by molar-refractivity contribution is 0.287. The van der Waals surface area contributed by atoms with Crippen LogP contribution >= 0.6 is 0 Å². The summed E-state index contributed by atoms with van der Waals surface area (Å²) in [6, 6.07) is 0. The predicted molar refractivity (Wildman–Crippen MR) is 38.8 cm³/mol. The molecule has 0 radical (unpaired) electrons. The maximum Gasteiger partial charge on any atom is 0.0430 e. The van der Waals surface area contributed by atoms with Gasteiger partial charge in [0.05, 0.1) is 0 Å². The zero-order valence-electron chi connectivity index (χ0n) is 6.22. The monoisotopic (exact) mass is 141 g/mol. The molecule has 62 valence electrons. The Morgan fingerprint density at radius 3 is 1.56 bits per heavy atom. The average molecular weight is 141 g/mol. The van der Waals surface area contributed by atoms with Gasteiger partial charge in [0.25, 0.3) is 0 Å². The Kier molecular flexibility index (Phi) is 117. The number of aliphatic hydroxyl groups is 2. The molecule has 0 bridgehead atoms. The third-order valence-corrected chi connectivity index (χ3v) is 0.512. The van der Waals surface area contributed by atoms with Gasteiger partial charge in [-0.1, -0.05) is 13.3 Å². The van der Waals surface area contributed by atoms with Crippen molar-refractivity contribution in [2.75, 3.05) is 13.7 Å². The van der Waals surface area contributed by atoms with Crippen LogP contribution in [0.2, 0.25) is 0 Å². The summed E-state index contributed by atoms with van der Waals surface area (Å²) in [5.41, 5.74) is 0. The molecule has 0 amide bonds. The molecule has 0 rings (SSSR count). The van der Waals surface area contributed by atoms with Crippen LogP contribution in [-0.2, 0) is 0 Å². The fourth-order valence-corrected chi connectivity index (χ4v) is 0.158. The highest BCUT2D eigenvalue weighted by Crippen LogP contribution is 1.78. The van der Waals surface area contributed by atoms with Gasteiger partial charge < -0.3 is 21.8 Å². The highest BCUT2D eigenvalue weighted by Gasteiger charge is 1.69. The second-order valence-corrected chi connectivity index (χ2v) is 1.08. The van der Waals surface area contributed by atoms with E-state index in [2.05, 4.69) is 6.92 Å². The van der Waals surface area contributed by atoms with Crippen LogP contribution in [0.3, 0.4) is 0 Å². The fourth-order valence-electron chi connectivity index (χ4n) is 0.158. The minimum Gasteiger partial charge on any atom is -0.412 e. The third-order valence-electron chi connectivity index (χ3n) is 0.512. The van der Waals surface area contributed by atoms with Crippen molar-refractivity contribution in [3.8, 4) is 0 Å². The van der Waals surface area contributed by atoms with Crippen molar-refractivity contribution in [1.29, 1.82) is 0 Å². The van der Waals surface area contributed by atoms with Gasteiger partial charge in [-0.25, -0.2) is 0 Å². The zero-order valence-corrected chi connectivity index (χ0v) is 6.22. The molecule has 7 N–H and O–H groups in total. The summed E-state index contributed by atoms with van der Waals surface area (Å²) in [4.78, 5) is 0. The van der Waals surface area contributed by atoms with Crippen LogP contribution in [0.1, 0.15) is 19.8 Å². The summed E-state index contributed by atoms with van der Waals surface area (Å²) < 4.78 is 0. The summed E-state index contributed by atoms with van der Waals surface area (Å²) in [7, 11) is 1.00. The van der Waals surface area contributed by atoms with Crippen LogP contribution in [0, 0.1) is 0 Å². The summed E-state index contributed by atoms with van der Waals surface area (Å²) in [5, 5.41) is 15.1. The Morgan fingerprint density at radius 2 is 1.56 bits per heavy atom. The van der Waals surface area contributed by atoms with Crippen molar-refractivity contribution < 1.29 is 15.7 Å². The molecule has 0 atom stereocenters. The number of aliphatic hydroxyl groups excluding tert-OH is 2. The van der Waals surface area contributed by atoms with Gasteiger partial charge in [0.15, 0.2) is 0 Å². The number of unbranched alkanes of at least 4 members (excludes halogenated alkanes) is 1. The molecule has 0 aromatic carbocycles. The van der Waals surface area contributed by atoms with Gasteiger partial charge in [-0.05, 0) is 6.42 Å². The van der Waals surface area contributed by atoms with Crippen molar-refractivity contribution in [3.63, 3.8) is 0 Å². The van der Waals surface area contributed by atoms with E-state index in [0.29, 0.717) is 6.61 Å². The molecule has 0 aromatic heterocycles. The van der Waals surface area contributed by atoms with Crippen LogP contribution in [0.5, 0.6) is 0 Å². The summed E-state index contributed by atoms with van der Waals surface area (Å²) in [6.45, 7) is 2.40. The molecular weight excluding hydrogens is 122 g/mol. The van der Waals surface area contributed by atoms with E-state index < -0.39 is 0 Å². The van der Waals surface area contributed by atoms with E-state index >= 15 is 0 Å². The molecule has 4 heteroatoms. The quantitative estimate of drug-likeness (QED) is 0.492. The lowest BCUT2D eigenvalue weighted by atomic mass is 10.4. The van der Waals surface area contributed by atoms with E-state index in [1.807, 2.05) is 0 Å². The molecule has 9 heavy (non-hydrogen) atoms. The Hall–Kier alpha value is -0.160. The molecule has 0 aliphatic heterocycles. The maximum absolute atomic E-state index is 8.07. The van der Waals surface area contributed by atoms with E-state index in [4.69, 9.17) is 10.2 Å². The molecule has 0 saturated carbocycles. The topological polar surface area (TPSA) is 107 Å². The number of rotatable bonds is 2. The molecule has 0 aliphatic rings. The van der Waals surface area contributed by atoms with Crippen LogP contribution in [0.4, 0.5) is 0 Å². The van der Waals surface area contributed by atoms with Crippen LogP contribution in [0.25, 0.3) is 0 Å². The molecule has 0 spiro atoms. The van der Waals surface area contributed by atoms with Gasteiger partial charge in [0.1, 0.15) is 0 Å². The van der Waals surface area contributed by atoms with Crippen molar-refractivity contribution in [1.82, 2.24) is 6.15 Å². The molecule has 0 aromatic rings. The Morgan fingerprint density at radius 1 is 1.22 bits per heavy atom. The van der Waals surface area contributed by atoms with Crippen molar-refractivity contribution >= 4 is 0 Å². The first-order valence-corrected chi connectivity index (χ1v) is 2.47. The number of hydrogen-bond acceptors (Lipinski definition) is 3. The first kappa shape index (κ1) is 23.2. The second kappa shape index (κ2) is 45.5. The smallest absolute Gasteiger partial charge is 0.0430 e. The minimum atomic E-state index is 0. The van der Waals surface area contributed by atoms with E-state index in [9.17, 15) is 0 Å². The molecular formula is C5H19NO3. The van der Waals surface area contributed by atoms with Crippen molar-refractivity contribution in [3.05, 3.63) is 0 Å². The van der Waals surface area contributed by atoms with Crippen LogP contribution in [-0.4, -0.2) is 29.4 Å². The van der Waals surface area contributed by atoms with E-state index in [0.717, 1.165) is 20.0 Å². The Bertz CT molecular complexity index is 19.7. The molecule has 0 heterocycles. The standard InChI is InChI=1S/C4H10O.CH4O.H3N.H2O/c1-2-3-4-5;1-2;;/h5H,2-4H2,1H3;2H,1H3;1H3;1H2. The maximum atomic E-state index is 8.07. The lowest BCUT2D eigenvalue weighted by Gasteiger charge is -1.79. The largest absolute Gasteiger partial charge is 0.412 e. The van der Waals surface area contributed by atoms with Crippen molar-refractivity contribution in [2.24, 2.45) is 0 Å². The lowest BCUT2D eigenvalue weighted by Crippen LogP contribution is -1.75. The zero-order chi connectivity index (χ0) is 6.12. The molecule has 0 unspecified atom stereocenters. The predicted octanol–water partition coefficient (Wildman–Crippen LogP) is -0.275. The first-order valence-electron chi connectivity index (χ1n) is 2.47. The van der Waals surface area contributed by atoms with Gasteiger partial charge in [-0.2, -0.15) is 0 Å². The van der Waals surface area contributed by atoms with Crippen LogP contribution < -0.4 is 6.15 Å². The Balaban J connectivity index is -0.0000000286. The second-order valence-electron chi connectivity index (χ2n) is 1.08. The van der Waals surface area contributed by atoms with Gasteiger partial charge in [0.2, 0.25) is 0 Å². The normalized spacial score (nSPS) is 5.33. The first-order chi connectivity index (χ1) is 3.41. The molecule has 0 aliphatic carbocycles. The van der Waals surface area contributed by atoms with Crippen molar-refractivity contribution in [2.45, 2.75) is 19.8 Å². The summed E-state index contributed by atoms with van der Waals surface area (Å²) in [5.74, 6) is 0. The molecule has 4 nitrogen and oxygen atoms in total. The van der Waals surface area contributed by atoms with Gasteiger partial charge in [-0.15, -0.1) is 0 Å². The Labute approximate surface area is 56.4 Å². The minimum absolute atomic E-state index is 0.